The van der Waals surface area contributed by atoms with Gasteiger partial charge in [-0.15, -0.1) is 0 Å². The van der Waals surface area contributed by atoms with Crippen LogP contribution in [0.3, 0.4) is 0 Å². The number of benzene rings is 1. The van der Waals surface area contributed by atoms with Crippen molar-refractivity contribution in [2.75, 3.05) is 23.3 Å². The zero-order valence-electron chi connectivity index (χ0n) is 20.3. The number of rotatable bonds is 5. The molecule has 6 heterocycles. The first-order valence-corrected chi connectivity index (χ1v) is 12.3. The Morgan fingerprint density at radius 3 is 2.58 bits per heavy atom. The second-order valence-corrected chi connectivity index (χ2v) is 10.1. The summed E-state index contributed by atoms with van der Waals surface area (Å²) in [6, 6.07) is 6.14. The van der Waals surface area contributed by atoms with Crippen LogP contribution in [-0.2, 0) is 10.9 Å². The lowest BCUT2D eigenvalue weighted by atomic mass is 9.99. The molecular formula is C25H22ClF3N6O3. The van der Waals surface area contributed by atoms with Crippen LogP contribution in [0.5, 0.6) is 0 Å². The van der Waals surface area contributed by atoms with Crippen molar-refractivity contribution in [3.63, 3.8) is 0 Å². The number of aryl methyl sites for hydroxylation is 1. The lowest BCUT2D eigenvalue weighted by molar-refractivity contribution is -0.140. The Balaban J connectivity index is 1.53. The molecular weight excluding hydrogens is 525 g/mol. The third-order valence-electron chi connectivity index (χ3n) is 6.89. The third-order valence-corrected chi connectivity index (χ3v) is 7.10. The van der Waals surface area contributed by atoms with E-state index in [0.717, 1.165) is 18.2 Å². The maximum Gasteiger partial charge on any atom is 0.434 e. The van der Waals surface area contributed by atoms with Crippen molar-refractivity contribution in [3.8, 4) is 0 Å². The number of hydrogen-bond acceptors (Lipinski definition) is 7. The Bertz CT molecular complexity index is 1590. The molecule has 198 valence electrons. The number of alkyl halides is 3. The second kappa shape index (κ2) is 8.70. The molecule has 1 aromatic carbocycles. The maximum atomic E-state index is 13.7. The number of aromatic carboxylic acids is 1. The zero-order chi connectivity index (χ0) is 26.9. The summed E-state index contributed by atoms with van der Waals surface area (Å²) < 4.78 is 48.3. The lowest BCUT2D eigenvalue weighted by Gasteiger charge is -2.47. The number of halogens is 4. The first-order valence-electron chi connectivity index (χ1n) is 11.9. The summed E-state index contributed by atoms with van der Waals surface area (Å²) in [7, 11) is 0. The van der Waals surface area contributed by atoms with Crippen LogP contribution in [0.4, 0.5) is 24.8 Å². The monoisotopic (exact) mass is 546 g/mol. The first kappa shape index (κ1) is 24.7. The fourth-order valence-corrected chi connectivity index (χ4v) is 5.36. The van der Waals surface area contributed by atoms with Crippen LogP contribution in [0.25, 0.3) is 16.6 Å². The number of piperidine rings is 1. The van der Waals surface area contributed by atoms with E-state index in [1.54, 1.807) is 6.07 Å². The minimum Gasteiger partial charge on any atom is -0.476 e. The molecule has 3 fully saturated rings. The number of imidazole rings is 1. The summed E-state index contributed by atoms with van der Waals surface area (Å²) in [5.41, 5.74) is 1.08. The number of carbonyl (C=O) groups is 1. The molecule has 13 heteroatoms. The molecule has 9 nitrogen and oxygen atoms in total. The molecule has 2 bridgehead atoms. The largest absolute Gasteiger partial charge is 0.476 e. The van der Waals surface area contributed by atoms with Crippen LogP contribution in [0.1, 0.15) is 46.7 Å². The molecule has 3 aliphatic rings. The van der Waals surface area contributed by atoms with Gasteiger partial charge in [0.1, 0.15) is 10.8 Å². The van der Waals surface area contributed by atoms with E-state index in [-0.39, 0.29) is 34.4 Å². The Hall–Kier alpha value is -3.64. The third kappa shape index (κ3) is 4.17. The van der Waals surface area contributed by atoms with Gasteiger partial charge in [-0.25, -0.2) is 19.7 Å². The van der Waals surface area contributed by atoms with Crippen LogP contribution in [0.2, 0.25) is 5.15 Å². The number of nitrogens with zero attached hydrogens (tertiary/aromatic N) is 5. The molecule has 3 aliphatic heterocycles. The molecule has 0 spiro atoms. The normalized spacial score (nSPS) is 20.0. The van der Waals surface area contributed by atoms with Crippen molar-refractivity contribution in [1.29, 1.82) is 0 Å². The fourth-order valence-electron chi connectivity index (χ4n) is 5.21. The molecule has 3 saturated heterocycles. The van der Waals surface area contributed by atoms with E-state index in [2.05, 4.69) is 15.3 Å². The number of carboxylic acids is 1. The van der Waals surface area contributed by atoms with Crippen LogP contribution >= 0.6 is 11.6 Å². The fraction of sp³-hybridized carbons (Fsp3) is 0.360. The number of ether oxygens (including phenoxy) is 1. The van der Waals surface area contributed by atoms with Crippen LogP contribution in [-0.4, -0.2) is 55.7 Å². The number of fused-ring (bicyclic) bond motifs is 5. The van der Waals surface area contributed by atoms with E-state index in [9.17, 15) is 23.1 Å². The number of carboxylic acid groups (broad SMARTS) is 1. The summed E-state index contributed by atoms with van der Waals surface area (Å²) in [4.78, 5) is 26.5. The number of anilines is 2. The average molecular weight is 547 g/mol. The van der Waals surface area contributed by atoms with Gasteiger partial charge >= 0.3 is 12.1 Å². The van der Waals surface area contributed by atoms with Gasteiger partial charge in [-0.3, -0.25) is 4.40 Å². The van der Waals surface area contributed by atoms with Gasteiger partial charge in [-0.05, 0) is 37.6 Å². The average Bonchev–Trinajstić information content (AvgIpc) is 3.30. The Kier molecular flexibility index (Phi) is 5.65. The highest BCUT2D eigenvalue weighted by molar-refractivity contribution is 6.29. The molecule has 0 radical (unpaired) electrons. The smallest absolute Gasteiger partial charge is 0.434 e. The summed E-state index contributed by atoms with van der Waals surface area (Å²) in [5, 5.41) is 13.2. The Morgan fingerprint density at radius 1 is 1.21 bits per heavy atom. The van der Waals surface area contributed by atoms with Crippen LogP contribution in [0.15, 0.2) is 30.5 Å². The van der Waals surface area contributed by atoms with Crippen molar-refractivity contribution in [1.82, 2.24) is 19.4 Å². The minimum atomic E-state index is -4.63. The summed E-state index contributed by atoms with van der Waals surface area (Å²) in [6.07, 6.45) is -2.70. The molecule has 3 atom stereocenters. The summed E-state index contributed by atoms with van der Waals surface area (Å²) in [5.74, 6) is -0.897. The van der Waals surface area contributed by atoms with Crippen molar-refractivity contribution < 1.29 is 27.8 Å². The second-order valence-electron chi connectivity index (χ2n) is 9.70. The molecule has 38 heavy (non-hydrogen) atoms. The Labute approximate surface area is 219 Å². The molecule has 0 aliphatic carbocycles. The molecule has 0 amide bonds. The maximum absolute atomic E-state index is 13.7. The highest BCUT2D eigenvalue weighted by Crippen LogP contribution is 2.37. The topological polar surface area (TPSA) is 105 Å². The van der Waals surface area contributed by atoms with E-state index in [4.69, 9.17) is 21.3 Å². The minimum absolute atomic E-state index is 0.0110. The molecule has 7 rings (SSSR count). The molecule has 0 saturated carbocycles. The van der Waals surface area contributed by atoms with Gasteiger partial charge in [0.05, 0.1) is 29.5 Å². The first-order chi connectivity index (χ1) is 18.0. The number of hydrogen-bond donors (Lipinski definition) is 2. The van der Waals surface area contributed by atoms with E-state index in [0.29, 0.717) is 35.5 Å². The summed E-state index contributed by atoms with van der Waals surface area (Å²) in [6.45, 7) is 4.67. The summed E-state index contributed by atoms with van der Waals surface area (Å²) >= 11 is 5.89. The quantitative estimate of drug-likeness (QED) is 0.333. The van der Waals surface area contributed by atoms with Crippen molar-refractivity contribution in [2.45, 2.75) is 44.7 Å². The Morgan fingerprint density at radius 2 is 1.92 bits per heavy atom. The SMILES string of the molecule is Cc1cc([C@@H](C)Nc2ccc(Cl)nc2C(=O)O)c2nc(N3CC4CC(C3)O4)n3cc(C(F)(F)F)nc3c2c1. The van der Waals surface area contributed by atoms with Gasteiger partial charge in [-0.1, -0.05) is 17.7 Å². The van der Waals surface area contributed by atoms with Gasteiger partial charge in [0, 0.05) is 36.7 Å². The zero-order valence-corrected chi connectivity index (χ0v) is 21.0. The van der Waals surface area contributed by atoms with Crippen molar-refractivity contribution in [2.24, 2.45) is 0 Å². The van der Waals surface area contributed by atoms with Crippen LogP contribution < -0.4 is 10.2 Å². The predicted octanol–water partition coefficient (Wildman–Crippen LogP) is 5.11. The highest BCUT2D eigenvalue weighted by atomic mass is 35.5. The molecule has 2 unspecified atom stereocenters. The van der Waals surface area contributed by atoms with Gasteiger partial charge in [0.25, 0.3) is 0 Å². The van der Waals surface area contributed by atoms with Gasteiger partial charge < -0.3 is 20.1 Å². The van der Waals surface area contributed by atoms with Gasteiger partial charge in [-0.2, -0.15) is 13.2 Å². The lowest BCUT2D eigenvalue weighted by Crippen LogP contribution is -2.57. The number of nitrogens with one attached hydrogen (secondary N) is 1. The standard InChI is InChI=1S/C25H22ClF3N6O3/c1-11-5-15(12(2)30-17-3-4-19(26)32-21(17)23(36)37)20-16(6-11)22-31-18(25(27,28)29)10-35(22)24(33-20)34-8-13-7-14(9-34)38-13/h3-6,10,12-14,30H,7-9H2,1-2H3,(H,36,37)/t12-,13?,14?/m1/s1. The van der Waals surface area contributed by atoms with E-state index >= 15 is 0 Å². The van der Waals surface area contributed by atoms with E-state index in [1.807, 2.05) is 24.8 Å². The number of pyridine rings is 1. The van der Waals surface area contributed by atoms with Gasteiger partial charge in [0.15, 0.2) is 11.4 Å². The van der Waals surface area contributed by atoms with Crippen molar-refractivity contribution in [3.05, 3.63) is 58.1 Å². The van der Waals surface area contributed by atoms with E-state index in [1.165, 1.54) is 16.5 Å². The molecule has 4 aromatic rings. The number of aromatic nitrogens is 4. The van der Waals surface area contributed by atoms with E-state index < -0.39 is 23.9 Å². The van der Waals surface area contributed by atoms with Gasteiger partial charge in [0.2, 0.25) is 5.95 Å². The van der Waals surface area contributed by atoms with Crippen molar-refractivity contribution >= 4 is 45.8 Å². The highest BCUT2D eigenvalue weighted by Gasteiger charge is 2.40. The predicted molar refractivity (Wildman–Crippen MR) is 134 cm³/mol. The molecule has 2 N–H and O–H groups in total. The number of morpholine rings is 1. The molecule has 3 aromatic heterocycles. The van der Waals surface area contributed by atoms with Crippen LogP contribution in [0, 0.1) is 6.92 Å².